The summed E-state index contributed by atoms with van der Waals surface area (Å²) in [6, 6.07) is 13.7. The van der Waals surface area contributed by atoms with Gasteiger partial charge >= 0.3 is 0 Å². The second-order valence-electron chi connectivity index (χ2n) is 10.4. The average Bonchev–Trinajstić information content (AvgIpc) is 3.22. The topological polar surface area (TPSA) is 67.7 Å². The van der Waals surface area contributed by atoms with Gasteiger partial charge in [-0.25, -0.2) is 9.07 Å². The monoisotopic (exact) mass is 556 g/mol. The highest BCUT2D eigenvalue weighted by atomic mass is 35.5. The van der Waals surface area contributed by atoms with E-state index in [1.165, 1.54) is 23.9 Å². The number of aromatic nitrogens is 2. The number of rotatable bonds is 4. The lowest BCUT2D eigenvalue weighted by Crippen LogP contribution is -2.48. The predicted molar refractivity (Wildman–Crippen MR) is 148 cm³/mol. The Hall–Kier alpha value is -2.88. The first-order valence-corrected chi connectivity index (χ1v) is 14.0. The van der Waals surface area contributed by atoms with Gasteiger partial charge in [-0.2, -0.15) is 5.10 Å². The van der Waals surface area contributed by atoms with Crippen molar-refractivity contribution in [2.75, 3.05) is 43.5 Å². The van der Waals surface area contributed by atoms with Crippen molar-refractivity contribution < 1.29 is 18.7 Å². The maximum Gasteiger partial charge on any atom is 0.242 e. The minimum Gasteiger partial charge on any atom is -0.378 e. The Morgan fingerprint density at radius 2 is 1.89 bits per heavy atom. The summed E-state index contributed by atoms with van der Waals surface area (Å²) in [6.45, 7) is 7.94. The van der Waals surface area contributed by atoms with E-state index in [-0.39, 0.29) is 35.2 Å². The molecule has 0 aliphatic carbocycles. The molecule has 0 bridgehead atoms. The molecule has 1 fully saturated rings. The van der Waals surface area contributed by atoms with Crippen LogP contribution in [0.2, 0.25) is 5.02 Å². The summed E-state index contributed by atoms with van der Waals surface area (Å²) in [5, 5.41) is 5.19. The molecule has 3 aromatic rings. The Morgan fingerprint density at radius 1 is 1.16 bits per heavy atom. The lowest BCUT2D eigenvalue weighted by Gasteiger charge is -2.30. The maximum absolute atomic E-state index is 14.4. The first kappa shape index (κ1) is 26.7. The van der Waals surface area contributed by atoms with Crippen molar-refractivity contribution in [1.29, 1.82) is 0 Å². The van der Waals surface area contributed by atoms with Gasteiger partial charge in [-0.15, -0.1) is 11.8 Å². The average molecular weight is 557 g/mol. The highest BCUT2D eigenvalue weighted by Gasteiger charge is 2.40. The highest BCUT2D eigenvalue weighted by molar-refractivity contribution is 8.00. The molecule has 0 spiro atoms. The Bertz CT molecular complexity index is 1370. The van der Waals surface area contributed by atoms with Gasteiger partial charge in [-0.3, -0.25) is 14.5 Å². The molecule has 10 heteroatoms. The molecule has 7 nitrogen and oxygen atoms in total. The third kappa shape index (κ3) is 5.32. The second-order valence-corrected chi connectivity index (χ2v) is 12.0. The Morgan fingerprint density at radius 3 is 2.58 bits per heavy atom. The molecule has 3 heterocycles. The Kier molecular flexibility index (Phi) is 7.53. The number of fused-ring (bicyclic) bond motifs is 1. The Balaban J connectivity index is 1.73. The number of thioether (sulfide) groups is 1. The van der Waals surface area contributed by atoms with Crippen LogP contribution < -0.4 is 4.90 Å². The largest absolute Gasteiger partial charge is 0.378 e. The standard InChI is InChI=1S/C28H30ClFN4O3S/c1-28(2,3)26-24-25(18-6-4-8-20(30)14-18)38-17-23(36)33(16-22(35)32-10-12-37-13-11-32)27(24)34(31-26)21-9-5-7-19(29)15-21/h4-9,14-15,25H,10-13,16-17H2,1-3H3/t25-/m1/s1. The van der Waals surface area contributed by atoms with E-state index in [0.29, 0.717) is 42.8 Å². The number of morpholine rings is 1. The number of halogens is 2. The molecular weight excluding hydrogens is 527 g/mol. The molecule has 1 atom stereocenters. The molecule has 0 unspecified atom stereocenters. The SMILES string of the molecule is CC(C)(C)c1nn(-c2cccc(Cl)c2)c2c1[C@@H](c1cccc(F)c1)SCC(=O)N2CC(=O)N1CCOCC1. The lowest BCUT2D eigenvalue weighted by atomic mass is 9.87. The van der Waals surface area contributed by atoms with Gasteiger partial charge in [0.25, 0.3) is 0 Å². The van der Waals surface area contributed by atoms with Gasteiger partial charge in [0.05, 0.1) is 35.6 Å². The van der Waals surface area contributed by atoms with Crippen molar-refractivity contribution in [1.82, 2.24) is 14.7 Å². The van der Waals surface area contributed by atoms with Crippen LogP contribution in [0.3, 0.4) is 0 Å². The van der Waals surface area contributed by atoms with E-state index >= 15 is 0 Å². The zero-order valence-electron chi connectivity index (χ0n) is 21.6. The fourth-order valence-corrected chi connectivity index (χ4v) is 6.21. The van der Waals surface area contributed by atoms with Crippen molar-refractivity contribution in [3.05, 3.63) is 76.2 Å². The number of carbonyl (C=O) groups is 2. The van der Waals surface area contributed by atoms with Gasteiger partial charge in [-0.05, 0) is 35.9 Å². The third-order valence-corrected chi connectivity index (χ3v) is 8.15. The van der Waals surface area contributed by atoms with Gasteiger partial charge in [0.1, 0.15) is 18.2 Å². The summed E-state index contributed by atoms with van der Waals surface area (Å²) in [6.07, 6.45) is 0. The van der Waals surface area contributed by atoms with Gasteiger partial charge in [0, 0.05) is 29.1 Å². The number of ether oxygens (including phenoxy) is 1. The van der Waals surface area contributed by atoms with Crippen LogP contribution in [-0.4, -0.2) is 65.1 Å². The molecule has 2 amide bonds. The first-order chi connectivity index (χ1) is 18.1. The molecule has 2 aromatic carbocycles. The van der Waals surface area contributed by atoms with Crippen LogP contribution in [0, 0.1) is 5.82 Å². The lowest BCUT2D eigenvalue weighted by molar-refractivity contribution is -0.134. The molecule has 0 saturated carbocycles. The quantitative estimate of drug-likeness (QED) is 0.453. The van der Waals surface area contributed by atoms with E-state index < -0.39 is 5.41 Å². The number of hydrogen-bond donors (Lipinski definition) is 0. The zero-order valence-corrected chi connectivity index (χ0v) is 23.2. The molecular formula is C28H30ClFN4O3S. The molecule has 200 valence electrons. The predicted octanol–water partition coefficient (Wildman–Crippen LogP) is 4.99. The molecule has 38 heavy (non-hydrogen) atoms. The van der Waals surface area contributed by atoms with Crippen molar-refractivity contribution in [3.63, 3.8) is 0 Å². The summed E-state index contributed by atoms with van der Waals surface area (Å²) in [5.74, 6) is -0.0636. The number of benzene rings is 2. The van der Waals surface area contributed by atoms with Crippen LogP contribution in [0.5, 0.6) is 0 Å². The fourth-order valence-electron chi connectivity index (χ4n) is 4.84. The van der Waals surface area contributed by atoms with E-state index in [4.69, 9.17) is 21.4 Å². The molecule has 1 saturated heterocycles. The molecule has 1 aromatic heterocycles. The molecule has 0 radical (unpaired) electrons. The number of anilines is 1. The van der Waals surface area contributed by atoms with Crippen LogP contribution in [0.15, 0.2) is 48.5 Å². The van der Waals surface area contributed by atoms with E-state index in [9.17, 15) is 14.0 Å². The van der Waals surface area contributed by atoms with Gasteiger partial charge in [0.15, 0.2) is 0 Å². The van der Waals surface area contributed by atoms with Crippen LogP contribution >= 0.6 is 23.4 Å². The summed E-state index contributed by atoms with van der Waals surface area (Å²) in [4.78, 5) is 30.4. The third-order valence-electron chi connectivity index (χ3n) is 6.66. The Labute approximate surface area is 230 Å². The van der Waals surface area contributed by atoms with Gasteiger partial charge < -0.3 is 9.64 Å². The first-order valence-electron chi connectivity index (χ1n) is 12.6. The molecule has 0 N–H and O–H groups in total. The van der Waals surface area contributed by atoms with Crippen LogP contribution in [0.25, 0.3) is 5.69 Å². The number of carbonyl (C=O) groups excluding carboxylic acids is 2. The molecule has 2 aliphatic heterocycles. The highest BCUT2D eigenvalue weighted by Crippen LogP contribution is 2.48. The maximum atomic E-state index is 14.4. The number of hydrogen-bond acceptors (Lipinski definition) is 5. The van der Waals surface area contributed by atoms with Gasteiger partial charge in [0.2, 0.25) is 11.8 Å². The van der Waals surface area contributed by atoms with Crippen LogP contribution in [0.1, 0.15) is 42.8 Å². The molecule has 5 rings (SSSR count). The van der Waals surface area contributed by atoms with E-state index in [1.807, 2.05) is 18.2 Å². The minimum atomic E-state index is -0.409. The minimum absolute atomic E-state index is 0.127. The fraction of sp³-hybridized carbons (Fsp3) is 0.393. The summed E-state index contributed by atoms with van der Waals surface area (Å²) in [5.41, 5.74) is 2.57. The normalized spacial score (nSPS) is 18.3. The van der Waals surface area contributed by atoms with E-state index in [0.717, 1.165) is 16.8 Å². The van der Waals surface area contributed by atoms with Crippen LogP contribution in [0.4, 0.5) is 10.2 Å². The second kappa shape index (κ2) is 10.7. The van der Waals surface area contributed by atoms with Gasteiger partial charge in [-0.1, -0.05) is 50.6 Å². The van der Waals surface area contributed by atoms with E-state index in [1.54, 1.807) is 32.7 Å². The van der Waals surface area contributed by atoms with Crippen molar-refractivity contribution >= 4 is 41.0 Å². The summed E-state index contributed by atoms with van der Waals surface area (Å²) >= 11 is 7.78. The summed E-state index contributed by atoms with van der Waals surface area (Å²) < 4.78 is 21.5. The van der Waals surface area contributed by atoms with Crippen molar-refractivity contribution in [2.45, 2.75) is 31.4 Å². The summed E-state index contributed by atoms with van der Waals surface area (Å²) in [7, 11) is 0. The van der Waals surface area contributed by atoms with Crippen molar-refractivity contribution in [2.24, 2.45) is 0 Å². The smallest absolute Gasteiger partial charge is 0.242 e. The van der Waals surface area contributed by atoms with Crippen LogP contribution in [-0.2, 0) is 19.7 Å². The number of amides is 2. The van der Waals surface area contributed by atoms with E-state index in [2.05, 4.69) is 20.8 Å². The number of nitrogens with zero attached hydrogens (tertiary/aromatic N) is 4. The van der Waals surface area contributed by atoms with Crippen molar-refractivity contribution in [3.8, 4) is 5.69 Å². The zero-order chi connectivity index (χ0) is 27.0. The molecule has 2 aliphatic rings.